The number of hydrogen-bond acceptors (Lipinski definition) is 2. The molecule has 1 unspecified atom stereocenters. The molecule has 1 aliphatic rings. The molecule has 0 radical (unpaired) electrons. The molecule has 0 heterocycles. The second-order valence-electron chi connectivity index (χ2n) is 4.67. The zero-order valence-electron chi connectivity index (χ0n) is 9.99. The van der Waals surface area contributed by atoms with Crippen LogP contribution in [0.15, 0.2) is 24.3 Å². The van der Waals surface area contributed by atoms with Gasteiger partial charge in [0.15, 0.2) is 0 Å². The third kappa shape index (κ3) is 3.24. The molecule has 0 bridgehead atoms. The molecule has 1 saturated carbocycles. The van der Waals surface area contributed by atoms with E-state index in [-0.39, 0.29) is 6.04 Å². The van der Waals surface area contributed by atoms with Crippen molar-refractivity contribution in [2.45, 2.75) is 38.6 Å². The Morgan fingerprint density at radius 3 is 2.94 bits per heavy atom. The van der Waals surface area contributed by atoms with Gasteiger partial charge in [-0.25, -0.2) is 0 Å². The maximum absolute atomic E-state index is 5.99. The van der Waals surface area contributed by atoms with Crippen molar-refractivity contribution in [3.8, 4) is 5.75 Å². The van der Waals surface area contributed by atoms with Crippen LogP contribution >= 0.6 is 0 Å². The lowest BCUT2D eigenvalue weighted by Gasteiger charge is -2.11. The highest BCUT2D eigenvalue weighted by molar-refractivity contribution is 5.30. The smallest absolute Gasteiger partial charge is 0.119 e. The molecule has 0 aliphatic heterocycles. The van der Waals surface area contributed by atoms with E-state index in [1.807, 2.05) is 12.1 Å². The van der Waals surface area contributed by atoms with E-state index in [0.717, 1.165) is 24.7 Å². The normalized spacial score (nSPS) is 17.1. The van der Waals surface area contributed by atoms with Gasteiger partial charge in [-0.1, -0.05) is 31.9 Å². The highest BCUT2D eigenvalue weighted by Gasteiger charge is 2.20. The topological polar surface area (TPSA) is 35.2 Å². The summed E-state index contributed by atoms with van der Waals surface area (Å²) < 4.78 is 5.74. The zero-order valence-corrected chi connectivity index (χ0v) is 9.99. The highest BCUT2D eigenvalue weighted by atomic mass is 16.5. The Labute approximate surface area is 97.8 Å². The molecule has 0 spiro atoms. The molecule has 1 atom stereocenters. The molecule has 88 valence electrons. The van der Waals surface area contributed by atoms with Crippen molar-refractivity contribution >= 4 is 0 Å². The van der Waals surface area contributed by atoms with Gasteiger partial charge in [0.2, 0.25) is 0 Å². The van der Waals surface area contributed by atoms with Crippen molar-refractivity contribution in [2.75, 3.05) is 6.61 Å². The molecule has 2 heteroatoms. The van der Waals surface area contributed by atoms with E-state index in [4.69, 9.17) is 10.5 Å². The minimum atomic E-state index is 0.131. The SMILES string of the molecule is CCC(N)c1cccc(OCCC2CC2)c1. The monoisotopic (exact) mass is 219 g/mol. The molecule has 1 aromatic carbocycles. The van der Waals surface area contributed by atoms with Crippen LogP contribution in [0.4, 0.5) is 0 Å². The van der Waals surface area contributed by atoms with Crippen LogP contribution < -0.4 is 10.5 Å². The fourth-order valence-electron chi connectivity index (χ4n) is 1.82. The summed E-state index contributed by atoms with van der Waals surface area (Å²) in [5, 5.41) is 0. The summed E-state index contributed by atoms with van der Waals surface area (Å²) in [6.45, 7) is 2.95. The van der Waals surface area contributed by atoms with Crippen molar-refractivity contribution in [2.24, 2.45) is 11.7 Å². The maximum Gasteiger partial charge on any atom is 0.119 e. The first-order valence-corrected chi connectivity index (χ1v) is 6.28. The molecular weight excluding hydrogens is 198 g/mol. The van der Waals surface area contributed by atoms with Gasteiger partial charge in [0.05, 0.1) is 6.61 Å². The lowest BCUT2D eigenvalue weighted by molar-refractivity contribution is 0.302. The molecule has 1 aromatic rings. The number of rotatable bonds is 6. The third-order valence-corrected chi connectivity index (χ3v) is 3.22. The van der Waals surface area contributed by atoms with E-state index in [1.165, 1.54) is 24.8 Å². The second-order valence-corrected chi connectivity index (χ2v) is 4.67. The van der Waals surface area contributed by atoms with Crippen LogP contribution in [-0.2, 0) is 0 Å². The van der Waals surface area contributed by atoms with E-state index < -0.39 is 0 Å². The van der Waals surface area contributed by atoms with E-state index in [0.29, 0.717) is 0 Å². The predicted octanol–water partition coefficient (Wildman–Crippen LogP) is 3.28. The quantitative estimate of drug-likeness (QED) is 0.797. The number of hydrogen-bond donors (Lipinski definition) is 1. The lowest BCUT2D eigenvalue weighted by Crippen LogP contribution is -2.08. The summed E-state index contributed by atoms with van der Waals surface area (Å²) >= 11 is 0. The molecule has 1 fully saturated rings. The van der Waals surface area contributed by atoms with E-state index in [9.17, 15) is 0 Å². The Hall–Kier alpha value is -1.02. The molecule has 2 rings (SSSR count). The van der Waals surface area contributed by atoms with Crippen LogP contribution in [0.25, 0.3) is 0 Å². The summed E-state index contributed by atoms with van der Waals surface area (Å²) in [4.78, 5) is 0. The van der Waals surface area contributed by atoms with Gasteiger partial charge < -0.3 is 10.5 Å². The van der Waals surface area contributed by atoms with Crippen LogP contribution in [0.2, 0.25) is 0 Å². The molecular formula is C14H21NO. The Morgan fingerprint density at radius 2 is 2.25 bits per heavy atom. The van der Waals surface area contributed by atoms with Crippen molar-refractivity contribution in [3.63, 3.8) is 0 Å². The molecule has 0 aromatic heterocycles. The molecule has 1 aliphatic carbocycles. The lowest BCUT2D eigenvalue weighted by atomic mass is 10.1. The van der Waals surface area contributed by atoms with E-state index >= 15 is 0 Å². The number of benzene rings is 1. The van der Waals surface area contributed by atoms with Gasteiger partial charge in [0.25, 0.3) is 0 Å². The van der Waals surface area contributed by atoms with Gasteiger partial charge in [0.1, 0.15) is 5.75 Å². The second kappa shape index (κ2) is 5.35. The Bertz CT molecular complexity index is 333. The fourth-order valence-corrected chi connectivity index (χ4v) is 1.82. The number of nitrogens with two attached hydrogens (primary N) is 1. The molecule has 0 saturated heterocycles. The van der Waals surface area contributed by atoms with Gasteiger partial charge in [-0.3, -0.25) is 0 Å². The van der Waals surface area contributed by atoms with Crippen molar-refractivity contribution in [3.05, 3.63) is 29.8 Å². The van der Waals surface area contributed by atoms with Crippen LogP contribution in [0.3, 0.4) is 0 Å². The van der Waals surface area contributed by atoms with Crippen LogP contribution in [-0.4, -0.2) is 6.61 Å². The fraction of sp³-hybridized carbons (Fsp3) is 0.571. The van der Waals surface area contributed by atoms with Crippen LogP contribution in [0.5, 0.6) is 5.75 Å². The van der Waals surface area contributed by atoms with Crippen LogP contribution in [0.1, 0.15) is 44.2 Å². The molecule has 16 heavy (non-hydrogen) atoms. The average Bonchev–Trinajstić information content (AvgIpc) is 3.12. The van der Waals surface area contributed by atoms with Gasteiger partial charge in [-0.05, 0) is 36.5 Å². The van der Waals surface area contributed by atoms with Gasteiger partial charge in [-0.15, -0.1) is 0 Å². The third-order valence-electron chi connectivity index (χ3n) is 3.22. The maximum atomic E-state index is 5.99. The van der Waals surface area contributed by atoms with Crippen molar-refractivity contribution < 1.29 is 4.74 Å². The Kier molecular flexibility index (Phi) is 3.83. The van der Waals surface area contributed by atoms with Gasteiger partial charge in [-0.2, -0.15) is 0 Å². The summed E-state index contributed by atoms with van der Waals surface area (Å²) in [6.07, 6.45) is 4.95. The molecule has 0 amide bonds. The summed E-state index contributed by atoms with van der Waals surface area (Å²) in [6, 6.07) is 8.31. The Balaban J connectivity index is 1.87. The first-order valence-electron chi connectivity index (χ1n) is 6.28. The Morgan fingerprint density at radius 1 is 1.44 bits per heavy atom. The molecule has 2 nitrogen and oxygen atoms in total. The van der Waals surface area contributed by atoms with Crippen molar-refractivity contribution in [1.82, 2.24) is 0 Å². The summed E-state index contributed by atoms with van der Waals surface area (Å²) in [5.74, 6) is 1.89. The predicted molar refractivity (Wildman–Crippen MR) is 66.5 cm³/mol. The number of ether oxygens (including phenoxy) is 1. The minimum Gasteiger partial charge on any atom is -0.494 e. The first-order chi connectivity index (χ1) is 7.79. The average molecular weight is 219 g/mol. The standard InChI is InChI=1S/C14H21NO/c1-2-14(15)12-4-3-5-13(10-12)16-9-8-11-6-7-11/h3-5,10-11,14H,2,6-9,15H2,1H3. The van der Waals surface area contributed by atoms with Gasteiger partial charge >= 0.3 is 0 Å². The van der Waals surface area contributed by atoms with E-state index in [2.05, 4.69) is 19.1 Å². The van der Waals surface area contributed by atoms with Crippen LogP contribution in [0, 0.1) is 5.92 Å². The first kappa shape index (κ1) is 11.5. The highest BCUT2D eigenvalue weighted by Crippen LogP contribution is 2.32. The minimum absolute atomic E-state index is 0.131. The summed E-state index contributed by atoms with van der Waals surface area (Å²) in [5.41, 5.74) is 7.17. The zero-order chi connectivity index (χ0) is 11.4. The van der Waals surface area contributed by atoms with Gasteiger partial charge in [0, 0.05) is 6.04 Å². The summed E-state index contributed by atoms with van der Waals surface area (Å²) in [7, 11) is 0. The van der Waals surface area contributed by atoms with Crippen molar-refractivity contribution in [1.29, 1.82) is 0 Å². The largest absolute Gasteiger partial charge is 0.494 e. The van der Waals surface area contributed by atoms with E-state index in [1.54, 1.807) is 0 Å². The molecule has 2 N–H and O–H groups in total.